The van der Waals surface area contributed by atoms with Crippen LogP contribution in [-0.4, -0.2) is 29.3 Å². The van der Waals surface area contributed by atoms with E-state index in [9.17, 15) is 14.3 Å². The second-order valence-corrected chi connectivity index (χ2v) is 12.3. The number of carbonyl (C=O) groups is 1. The van der Waals surface area contributed by atoms with E-state index in [2.05, 4.69) is 35.3 Å². The summed E-state index contributed by atoms with van der Waals surface area (Å²) in [6.45, 7) is 2.52. The van der Waals surface area contributed by atoms with Gasteiger partial charge in [-0.25, -0.2) is 4.39 Å². The molecule has 3 unspecified atom stereocenters. The molecule has 1 aliphatic heterocycles. The second-order valence-electron chi connectivity index (χ2n) is 10.3. The average molecular weight is 548 g/mol. The van der Waals surface area contributed by atoms with Gasteiger partial charge in [0, 0.05) is 34.6 Å². The Bertz CT molecular complexity index is 1340. The maximum atomic E-state index is 13.9. The van der Waals surface area contributed by atoms with Crippen LogP contribution < -0.4 is 4.72 Å². The Hall–Kier alpha value is -2.38. The zero-order chi connectivity index (χ0) is 26.7. The first kappa shape index (κ1) is 27.2. The van der Waals surface area contributed by atoms with Crippen LogP contribution in [0.3, 0.4) is 0 Å². The van der Waals surface area contributed by atoms with Gasteiger partial charge in [-0.1, -0.05) is 54.4 Å². The summed E-state index contributed by atoms with van der Waals surface area (Å²) in [6, 6.07) is 21.3. The van der Waals surface area contributed by atoms with Gasteiger partial charge in [0.15, 0.2) is 5.78 Å². The third kappa shape index (κ3) is 5.79. The van der Waals surface area contributed by atoms with Crippen LogP contribution in [0.25, 0.3) is 6.08 Å². The number of thioether (sulfide) groups is 1. The molecule has 0 amide bonds. The molecular formula is C32H34FNO2S2. The molecule has 3 aromatic carbocycles. The van der Waals surface area contributed by atoms with Crippen LogP contribution in [0.4, 0.5) is 4.39 Å². The number of carbonyl (C=O) groups excluding carboxylic acids is 1. The monoisotopic (exact) mass is 547 g/mol. The van der Waals surface area contributed by atoms with Crippen molar-refractivity contribution >= 4 is 35.6 Å². The zero-order valence-electron chi connectivity index (χ0n) is 21.9. The van der Waals surface area contributed by atoms with Crippen LogP contribution in [0.2, 0.25) is 0 Å². The molecule has 1 fully saturated rings. The lowest BCUT2D eigenvalue weighted by Crippen LogP contribution is -2.40. The molecule has 0 radical (unpaired) electrons. The van der Waals surface area contributed by atoms with Gasteiger partial charge in [0.05, 0.1) is 5.60 Å². The Morgan fingerprint density at radius 2 is 1.92 bits per heavy atom. The molecule has 1 saturated heterocycles. The fraction of sp³-hybridized carbons (Fsp3) is 0.344. The van der Waals surface area contributed by atoms with Crippen LogP contribution in [0.1, 0.15) is 64.7 Å². The van der Waals surface area contributed by atoms with Crippen molar-refractivity contribution in [1.82, 2.24) is 4.72 Å². The number of rotatable bonds is 5. The predicted molar refractivity (Wildman–Crippen MR) is 157 cm³/mol. The van der Waals surface area contributed by atoms with Gasteiger partial charge in [-0.05, 0) is 97.0 Å². The Morgan fingerprint density at radius 3 is 2.68 bits per heavy atom. The fourth-order valence-corrected chi connectivity index (χ4v) is 7.52. The molecule has 1 aliphatic carbocycles. The maximum absolute atomic E-state index is 13.9. The number of aliphatic hydroxyl groups is 1. The fourth-order valence-electron chi connectivity index (χ4n) is 5.89. The molecule has 6 heteroatoms. The molecule has 0 aromatic heterocycles. The van der Waals surface area contributed by atoms with Crippen LogP contribution in [0.5, 0.6) is 0 Å². The van der Waals surface area contributed by atoms with E-state index in [-0.39, 0.29) is 16.9 Å². The van der Waals surface area contributed by atoms with Crippen LogP contribution in [-0.2, 0) is 11.2 Å². The van der Waals surface area contributed by atoms with E-state index >= 15 is 0 Å². The summed E-state index contributed by atoms with van der Waals surface area (Å²) < 4.78 is 17.3. The van der Waals surface area contributed by atoms with E-state index in [1.54, 1.807) is 29.8 Å². The van der Waals surface area contributed by atoms with Gasteiger partial charge in [0.25, 0.3) is 0 Å². The molecule has 3 nitrogen and oxygen atoms in total. The Labute approximate surface area is 233 Å². The van der Waals surface area contributed by atoms with E-state index in [1.165, 1.54) is 11.6 Å². The molecule has 0 spiro atoms. The standard InChI is InChI=1S/C32H34FNO2S2/c1-21-17-25(33)12-14-27(21)30-20-32(36,15-16-34-38-30)31(23-7-4-3-5-8-23)28-19-24-18-26(37-2)13-11-22(24)9-6-10-29(28)35/h3-5,7-8,11-14,17-19,30-31,34,36H,6,9-10,15-16,20H2,1-2H3/b28-19+. The number of ketones is 1. The highest BCUT2D eigenvalue weighted by atomic mass is 32.2. The van der Waals surface area contributed by atoms with Crippen LogP contribution >= 0.6 is 23.7 Å². The number of Topliss-reactive ketones (excluding diaryl/α,β-unsaturated/α-hetero) is 1. The van der Waals surface area contributed by atoms with Crippen molar-refractivity contribution in [2.45, 2.75) is 60.7 Å². The minimum atomic E-state index is -1.18. The molecule has 5 rings (SSSR count). The molecule has 198 valence electrons. The molecular weight excluding hydrogens is 513 g/mol. The van der Waals surface area contributed by atoms with Crippen molar-refractivity contribution in [2.75, 3.05) is 12.8 Å². The van der Waals surface area contributed by atoms with E-state index in [0.29, 0.717) is 31.4 Å². The lowest BCUT2D eigenvalue weighted by molar-refractivity contribution is -0.116. The number of aryl methyl sites for hydroxylation is 2. The number of hydrogen-bond donors (Lipinski definition) is 2. The molecule has 2 aliphatic rings. The summed E-state index contributed by atoms with van der Waals surface area (Å²) in [5.74, 6) is -0.639. The van der Waals surface area contributed by atoms with Crippen molar-refractivity contribution in [3.8, 4) is 0 Å². The van der Waals surface area contributed by atoms with E-state index in [0.717, 1.165) is 40.0 Å². The second kappa shape index (κ2) is 11.8. The van der Waals surface area contributed by atoms with Gasteiger partial charge in [0.2, 0.25) is 0 Å². The minimum Gasteiger partial charge on any atom is -0.389 e. The van der Waals surface area contributed by atoms with Gasteiger partial charge in [-0.3, -0.25) is 9.52 Å². The van der Waals surface area contributed by atoms with Crippen molar-refractivity contribution in [3.05, 3.63) is 106 Å². The molecule has 0 saturated carbocycles. The summed E-state index contributed by atoms with van der Waals surface area (Å²) in [7, 11) is 0. The van der Waals surface area contributed by atoms with Crippen LogP contribution in [0.15, 0.2) is 77.2 Å². The Kier molecular flexibility index (Phi) is 8.44. The van der Waals surface area contributed by atoms with Gasteiger partial charge in [-0.15, -0.1) is 11.8 Å². The molecule has 2 N–H and O–H groups in total. The van der Waals surface area contributed by atoms with Crippen LogP contribution in [0, 0.1) is 12.7 Å². The number of hydrogen-bond acceptors (Lipinski definition) is 5. The Morgan fingerprint density at radius 1 is 1.11 bits per heavy atom. The third-order valence-corrected chi connectivity index (χ3v) is 9.62. The maximum Gasteiger partial charge on any atom is 0.159 e. The molecule has 0 bridgehead atoms. The summed E-state index contributed by atoms with van der Waals surface area (Å²) in [5, 5.41) is 12.5. The van der Waals surface area contributed by atoms with Crippen molar-refractivity contribution in [2.24, 2.45) is 0 Å². The third-order valence-electron chi connectivity index (χ3n) is 7.82. The number of halogens is 1. The lowest BCUT2D eigenvalue weighted by Gasteiger charge is -2.39. The van der Waals surface area contributed by atoms with Gasteiger partial charge < -0.3 is 5.11 Å². The normalized spacial score (nSPS) is 24.4. The molecule has 1 heterocycles. The number of fused-ring (bicyclic) bond motifs is 1. The number of benzene rings is 3. The van der Waals surface area contributed by atoms with Gasteiger partial charge in [-0.2, -0.15) is 0 Å². The molecule has 38 heavy (non-hydrogen) atoms. The highest BCUT2D eigenvalue weighted by molar-refractivity contribution is 7.98. The van der Waals surface area contributed by atoms with E-state index in [1.807, 2.05) is 43.3 Å². The summed E-state index contributed by atoms with van der Waals surface area (Å²) in [4.78, 5) is 15.0. The largest absolute Gasteiger partial charge is 0.389 e. The topological polar surface area (TPSA) is 49.3 Å². The highest BCUT2D eigenvalue weighted by Crippen LogP contribution is 2.49. The number of nitrogens with one attached hydrogen (secondary N) is 1. The minimum absolute atomic E-state index is 0.0889. The van der Waals surface area contributed by atoms with E-state index < -0.39 is 11.5 Å². The van der Waals surface area contributed by atoms with E-state index in [4.69, 9.17) is 0 Å². The quantitative estimate of drug-likeness (QED) is 0.257. The average Bonchev–Trinajstić information content (AvgIpc) is 3.10. The molecule has 3 atom stereocenters. The lowest BCUT2D eigenvalue weighted by atomic mass is 9.70. The Balaban J connectivity index is 1.65. The van der Waals surface area contributed by atoms with Crippen molar-refractivity contribution < 1.29 is 14.3 Å². The smallest absolute Gasteiger partial charge is 0.159 e. The summed E-state index contributed by atoms with van der Waals surface area (Å²) in [5.41, 5.74) is 4.62. The van der Waals surface area contributed by atoms with Gasteiger partial charge in [0.1, 0.15) is 5.82 Å². The van der Waals surface area contributed by atoms with Gasteiger partial charge >= 0.3 is 0 Å². The van der Waals surface area contributed by atoms with Crippen molar-refractivity contribution in [1.29, 1.82) is 0 Å². The summed E-state index contributed by atoms with van der Waals surface area (Å²) >= 11 is 3.27. The SMILES string of the molecule is CSc1ccc2c(c1)/C=C(/C(c1ccccc1)C1(O)CCNSC(c3ccc(F)cc3C)C1)C(=O)CCC2. The first-order valence-corrected chi connectivity index (χ1v) is 15.3. The molecule has 3 aromatic rings. The first-order valence-electron chi connectivity index (χ1n) is 13.2. The van der Waals surface area contributed by atoms with Crippen molar-refractivity contribution in [3.63, 3.8) is 0 Å². The summed E-state index contributed by atoms with van der Waals surface area (Å²) in [6.07, 6.45) is 7.17. The zero-order valence-corrected chi connectivity index (χ0v) is 23.5. The highest BCUT2D eigenvalue weighted by Gasteiger charge is 2.45. The predicted octanol–water partition coefficient (Wildman–Crippen LogP) is 7.43. The first-order chi connectivity index (χ1) is 18.4.